The summed E-state index contributed by atoms with van der Waals surface area (Å²) in [7, 11) is 0. The van der Waals surface area contributed by atoms with E-state index in [1.807, 2.05) is 0 Å². The van der Waals surface area contributed by atoms with Gasteiger partial charge in [0.05, 0.1) is 6.61 Å². The zero-order valence-electron chi connectivity index (χ0n) is 9.91. The molecule has 0 atom stereocenters. The molecule has 0 aliphatic carbocycles. The first-order valence-electron chi connectivity index (χ1n) is 5.42. The molecule has 0 bridgehead atoms. The van der Waals surface area contributed by atoms with Crippen LogP contribution >= 0.6 is 11.8 Å². The summed E-state index contributed by atoms with van der Waals surface area (Å²) in [5, 5.41) is 0.419. The van der Waals surface area contributed by atoms with E-state index in [9.17, 15) is 4.39 Å². The van der Waals surface area contributed by atoms with Crippen LogP contribution in [0.3, 0.4) is 0 Å². The summed E-state index contributed by atoms with van der Waals surface area (Å²) < 4.78 is 18.5. The number of halogens is 1. The summed E-state index contributed by atoms with van der Waals surface area (Å²) in [5.74, 6) is 0.519. The molecule has 1 aromatic heterocycles. The van der Waals surface area contributed by atoms with Crippen LogP contribution < -0.4 is 16.2 Å². The van der Waals surface area contributed by atoms with E-state index in [4.69, 9.17) is 16.2 Å². The fraction of sp³-hybridized carbons (Fsp3) is 0.182. The van der Waals surface area contributed by atoms with E-state index in [-0.39, 0.29) is 23.5 Å². The molecule has 0 saturated heterocycles. The van der Waals surface area contributed by atoms with Crippen molar-refractivity contribution in [3.8, 4) is 5.75 Å². The van der Waals surface area contributed by atoms with Crippen LogP contribution in [-0.2, 0) is 0 Å². The van der Waals surface area contributed by atoms with Gasteiger partial charge in [-0.3, -0.25) is 0 Å². The van der Waals surface area contributed by atoms with Crippen molar-refractivity contribution in [1.82, 2.24) is 15.0 Å². The van der Waals surface area contributed by atoms with Gasteiger partial charge >= 0.3 is 0 Å². The quantitative estimate of drug-likeness (QED) is 0.630. The molecule has 4 N–H and O–H groups in total. The Labute approximate surface area is 113 Å². The first-order chi connectivity index (χ1) is 9.15. The van der Waals surface area contributed by atoms with Gasteiger partial charge in [-0.1, -0.05) is 23.9 Å². The molecule has 1 aromatic carbocycles. The van der Waals surface area contributed by atoms with Gasteiger partial charge in [0, 0.05) is 5.75 Å². The Kier molecular flexibility index (Phi) is 4.35. The van der Waals surface area contributed by atoms with Crippen LogP contribution in [0.5, 0.6) is 5.75 Å². The number of anilines is 2. The van der Waals surface area contributed by atoms with Crippen molar-refractivity contribution in [2.75, 3.05) is 23.8 Å². The molecule has 0 aliphatic heterocycles. The summed E-state index contributed by atoms with van der Waals surface area (Å²) >= 11 is 1.30. The molecule has 0 saturated carbocycles. The number of rotatable bonds is 5. The maximum Gasteiger partial charge on any atom is 0.225 e. The van der Waals surface area contributed by atoms with Crippen molar-refractivity contribution >= 4 is 23.7 Å². The van der Waals surface area contributed by atoms with Gasteiger partial charge in [0.15, 0.2) is 16.7 Å². The van der Waals surface area contributed by atoms with Crippen LogP contribution in [0.1, 0.15) is 0 Å². The van der Waals surface area contributed by atoms with Crippen molar-refractivity contribution < 1.29 is 9.13 Å². The highest BCUT2D eigenvalue weighted by Gasteiger charge is 2.04. The number of aromatic nitrogens is 3. The number of ether oxygens (including phenoxy) is 1. The van der Waals surface area contributed by atoms with E-state index in [0.29, 0.717) is 17.5 Å². The lowest BCUT2D eigenvalue weighted by molar-refractivity contribution is 0.325. The number of hydrogen-bond donors (Lipinski definition) is 2. The molecule has 0 fully saturated rings. The highest BCUT2D eigenvalue weighted by atomic mass is 32.2. The minimum Gasteiger partial charge on any atom is -0.490 e. The van der Waals surface area contributed by atoms with E-state index in [2.05, 4.69) is 15.0 Å². The molecule has 2 aromatic rings. The first kappa shape index (κ1) is 13.3. The van der Waals surface area contributed by atoms with Crippen molar-refractivity contribution in [3.63, 3.8) is 0 Å². The van der Waals surface area contributed by atoms with Crippen LogP contribution in [0.15, 0.2) is 29.4 Å². The molecule has 8 heteroatoms. The molecule has 19 heavy (non-hydrogen) atoms. The fourth-order valence-corrected chi connectivity index (χ4v) is 1.96. The lowest BCUT2D eigenvalue weighted by atomic mass is 10.3. The van der Waals surface area contributed by atoms with Gasteiger partial charge in [0.1, 0.15) is 0 Å². The Bertz CT molecular complexity index is 548. The summed E-state index contributed by atoms with van der Waals surface area (Å²) in [6, 6.07) is 6.22. The molecule has 0 unspecified atom stereocenters. The monoisotopic (exact) mass is 281 g/mol. The Balaban J connectivity index is 1.82. The van der Waals surface area contributed by atoms with Crippen molar-refractivity contribution in [3.05, 3.63) is 30.1 Å². The second-order valence-electron chi connectivity index (χ2n) is 3.46. The third kappa shape index (κ3) is 3.95. The van der Waals surface area contributed by atoms with E-state index in [0.717, 1.165) is 0 Å². The van der Waals surface area contributed by atoms with Crippen LogP contribution in [0.4, 0.5) is 16.3 Å². The van der Waals surface area contributed by atoms with Gasteiger partial charge in [-0.15, -0.1) is 0 Å². The zero-order valence-corrected chi connectivity index (χ0v) is 10.7. The highest BCUT2D eigenvalue weighted by molar-refractivity contribution is 7.99. The average Bonchev–Trinajstić information content (AvgIpc) is 2.35. The number of benzene rings is 1. The lowest BCUT2D eigenvalue weighted by Gasteiger charge is -2.06. The van der Waals surface area contributed by atoms with E-state index in [1.54, 1.807) is 18.2 Å². The third-order valence-electron chi connectivity index (χ3n) is 2.06. The Morgan fingerprint density at radius 1 is 1.11 bits per heavy atom. The van der Waals surface area contributed by atoms with E-state index < -0.39 is 0 Å². The smallest absolute Gasteiger partial charge is 0.225 e. The standard InChI is InChI=1S/C11H12FN5OS/c12-7-3-1-2-4-8(7)18-5-6-19-11-16-9(13)15-10(14)17-11/h1-4H,5-6H2,(H4,13,14,15,16,17). The minimum atomic E-state index is -0.388. The van der Waals surface area contributed by atoms with Gasteiger partial charge in [-0.2, -0.15) is 15.0 Å². The maximum absolute atomic E-state index is 13.2. The highest BCUT2D eigenvalue weighted by Crippen LogP contribution is 2.17. The molecule has 0 amide bonds. The number of hydrogen-bond acceptors (Lipinski definition) is 7. The topological polar surface area (TPSA) is 99.9 Å². The molecular weight excluding hydrogens is 269 g/mol. The lowest BCUT2D eigenvalue weighted by Crippen LogP contribution is -2.06. The van der Waals surface area contributed by atoms with Crippen LogP contribution in [-0.4, -0.2) is 27.3 Å². The van der Waals surface area contributed by atoms with Gasteiger partial charge < -0.3 is 16.2 Å². The van der Waals surface area contributed by atoms with Crippen LogP contribution in [0.25, 0.3) is 0 Å². The van der Waals surface area contributed by atoms with Crippen molar-refractivity contribution in [1.29, 1.82) is 0 Å². The number of thioether (sulfide) groups is 1. The maximum atomic E-state index is 13.2. The second-order valence-corrected chi connectivity index (χ2v) is 4.52. The summed E-state index contributed by atoms with van der Waals surface area (Å²) in [6.45, 7) is 0.317. The molecule has 2 rings (SSSR count). The van der Waals surface area contributed by atoms with Gasteiger partial charge in [0.2, 0.25) is 11.9 Å². The first-order valence-corrected chi connectivity index (χ1v) is 6.41. The number of nitrogens with two attached hydrogens (primary N) is 2. The molecule has 100 valence electrons. The second kappa shape index (κ2) is 6.19. The third-order valence-corrected chi connectivity index (χ3v) is 2.87. The molecule has 6 nitrogen and oxygen atoms in total. The summed E-state index contributed by atoms with van der Waals surface area (Å²) in [4.78, 5) is 11.5. The minimum absolute atomic E-state index is 0.0741. The Hall–Kier alpha value is -2.09. The van der Waals surface area contributed by atoms with Crippen LogP contribution in [0, 0.1) is 5.82 Å². The zero-order chi connectivity index (χ0) is 13.7. The predicted molar refractivity (Wildman–Crippen MR) is 71.3 cm³/mol. The normalized spacial score (nSPS) is 10.4. The number of nitrogens with zero attached hydrogens (tertiary/aromatic N) is 3. The number of nitrogen functional groups attached to an aromatic ring is 2. The van der Waals surface area contributed by atoms with Crippen molar-refractivity contribution in [2.45, 2.75) is 5.16 Å². The molecule has 0 aliphatic rings. The van der Waals surface area contributed by atoms with Crippen LogP contribution in [0.2, 0.25) is 0 Å². The molecular formula is C11H12FN5OS. The van der Waals surface area contributed by atoms with E-state index in [1.165, 1.54) is 17.8 Å². The average molecular weight is 281 g/mol. The molecule has 0 radical (unpaired) electrons. The van der Waals surface area contributed by atoms with E-state index >= 15 is 0 Å². The predicted octanol–water partition coefficient (Wildman–Crippen LogP) is 1.35. The SMILES string of the molecule is Nc1nc(N)nc(SCCOc2ccccc2F)n1. The molecule has 0 spiro atoms. The largest absolute Gasteiger partial charge is 0.490 e. The molecule has 1 heterocycles. The summed E-state index contributed by atoms with van der Waals surface area (Å²) in [6.07, 6.45) is 0. The van der Waals surface area contributed by atoms with Gasteiger partial charge in [-0.05, 0) is 12.1 Å². The Morgan fingerprint density at radius 3 is 2.47 bits per heavy atom. The Morgan fingerprint density at radius 2 is 1.79 bits per heavy atom. The van der Waals surface area contributed by atoms with Gasteiger partial charge in [-0.25, -0.2) is 4.39 Å². The van der Waals surface area contributed by atoms with Gasteiger partial charge in [0.25, 0.3) is 0 Å². The summed E-state index contributed by atoms with van der Waals surface area (Å²) in [5.41, 5.74) is 10.9. The fourth-order valence-electron chi connectivity index (χ4n) is 1.30. The number of para-hydroxylation sites is 1. The van der Waals surface area contributed by atoms with Crippen molar-refractivity contribution in [2.24, 2.45) is 0 Å².